The van der Waals surface area contributed by atoms with E-state index in [9.17, 15) is 4.79 Å². The molecule has 0 saturated carbocycles. The smallest absolute Gasteiger partial charge is 0.250 e. The first-order valence-electron chi connectivity index (χ1n) is 4.47. The molecule has 0 aromatic carbocycles. The van der Waals surface area contributed by atoms with Crippen LogP contribution in [0.3, 0.4) is 0 Å². The Labute approximate surface area is 78.2 Å². The van der Waals surface area contributed by atoms with Crippen molar-refractivity contribution in [2.24, 2.45) is 5.92 Å². The Hall–Kier alpha value is -1.25. The van der Waals surface area contributed by atoms with Gasteiger partial charge in [-0.3, -0.25) is 4.79 Å². The van der Waals surface area contributed by atoms with Crippen LogP contribution in [0.5, 0.6) is 0 Å². The summed E-state index contributed by atoms with van der Waals surface area (Å²) >= 11 is 0. The van der Waals surface area contributed by atoms with Gasteiger partial charge in [-0.15, -0.1) is 0 Å². The van der Waals surface area contributed by atoms with Crippen molar-refractivity contribution in [1.82, 2.24) is 4.57 Å². The highest BCUT2D eigenvalue weighted by Gasteiger charge is 2.01. The Morgan fingerprint density at radius 1 is 1.54 bits per heavy atom. The normalized spacial score (nSPS) is 10.8. The highest BCUT2D eigenvalue weighted by atomic mass is 16.1. The molecule has 0 radical (unpaired) electrons. The summed E-state index contributed by atoms with van der Waals surface area (Å²) in [4.78, 5) is 11.4. The minimum absolute atomic E-state index is 0.0281. The van der Waals surface area contributed by atoms with Gasteiger partial charge in [0.25, 0.3) is 5.56 Å². The molecule has 1 heterocycles. The number of nitrogen functional groups attached to an aromatic ring is 1. The summed E-state index contributed by atoms with van der Waals surface area (Å²) in [7, 11) is 0. The lowest BCUT2D eigenvalue weighted by Crippen LogP contribution is -2.22. The van der Waals surface area contributed by atoms with Gasteiger partial charge >= 0.3 is 0 Å². The quantitative estimate of drug-likeness (QED) is 0.747. The van der Waals surface area contributed by atoms with Gasteiger partial charge in [-0.25, -0.2) is 0 Å². The molecule has 3 nitrogen and oxygen atoms in total. The van der Waals surface area contributed by atoms with Crippen LogP contribution >= 0.6 is 0 Å². The molecule has 1 aromatic heterocycles. The van der Waals surface area contributed by atoms with Gasteiger partial charge in [0.15, 0.2) is 0 Å². The van der Waals surface area contributed by atoms with E-state index in [0.717, 1.165) is 12.1 Å². The molecule has 0 aliphatic heterocycles. The minimum Gasteiger partial charge on any atom is -0.397 e. The van der Waals surface area contributed by atoms with Crippen molar-refractivity contribution in [2.75, 3.05) is 5.73 Å². The van der Waals surface area contributed by atoms with Crippen molar-refractivity contribution in [2.45, 2.75) is 27.3 Å². The zero-order valence-electron chi connectivity index (χ0n) is 8.37. The van der Waals surface area contributed by atoms with Crippen molar-refractivity contribution in [3.8, 4) is 0 Å². The lowest BCUT2D eigenvalue weighted by atomic mass is 10.2. The van der Waals surface area contributed by atoms with Gasteiger partial charge < -0.3 is 10.3 Å². The second kappa shape index (κ2) is 3.64. The zero-order valence-corrected chi connectivity index (χ0v) is 8.37. The molecule has 0 fully saturated rings. The van der Waals surface area contributed by atoms with Crippen LogP contribution in [-0.2, 0) is 6.54 Å². The summed E-state index contributed by atoms with van der Waals surface area (Å²) in [5, 5.41) is 0. The van der Waals surface area contributed by atoms with Crippen molar-refractivity contribution < 1.29 is 0 Å². The molecule has 0 spiro atoms. The number of rotatable bonds is 2. The van der Waals surface area contributed by atoms with E-state index < -0.39 is 0 Å². The molecule has 1 aromatic rings. The van der Waals surface area contributed by atoms with Crippen LogP contribution in [0.1, 0.15) is 19.4 Å². The third-order valence-corrected chi connectivity index (χ3v) is 1.94. The lowest BCUT2D eigenvalue weighted by Gasteiger charge is -2.10. The molecule has 0 bridgehead atoms. The summed E-state index contributed by atoms with van der Waals surface area (Å²) in [5.74, 6) is 0.458. The van der Waals surface area contributed by atoms with Crippen molar-refractivity contribution in [3.63, 3.8) is 0 Å². The Bertz CT molecular complexity index is 352. The minimum atomic E-state index is 0.0281. The Balaban J connectivity index is 3.09. The fraction of sp³-hybridized carbons (Fsp3) is 0.500. The SMILES string of the molecule is Cc1cc(=O)n(CC(C)C)cc1N. The summed E-state index contributed by atoms with van der Waals surface area (Å²) < 4.78 is 1.66. The molecular formula is C10H16N2O. The molecule has 0 amide bonds. The Morgan fingerprint density at radius 2 is 2.15 bits per heavy atom. The van der Waals surface area contributed by atoms with Crippen LogP contribution in [0.15, 0.2) is 17.1 Å². The molecule has 0 saturated heterocycles. The zero-order chi connectivity index (χ0) is 10.0. The molecule has 72 valence electrons. The molecule has 13 heavy (non-hydrogen) atoms. The van der Waals surface area contributed by atoms with Gasteiger partial charge in [0, 0.05) is 18.8 Å². The van der Waals surface area contributed by atoms with E-state index in [1.54, 1.807) is 16.8 Å². The molecule has 0 atom stereocenters. The first kappa shape index (κ1) is 9.84. The first-order chi connectivity index (χ1) is 6.00. The number of pyridine rings is 1. The maximum Gasteiger partial charge on any atom is 0.250 e. The molecule has 1 rings (SSSR count). The average Bonchev–Trinajstić information content (AvgIpc) is 1.99. The highest BCUT2D eigenvalue weighted by Crippen LogP contribution is 2.06. The largest absolute Gasteiger partial charge is 0.397 e. The molecule has 0 aliphatic carbocycles. The van der Waals surface area contributed by atoms with Crippen LogP contribution in [0.2, 0.25) is 0 Å². The topological polar surface area (TPSA) is 48.0 Å². The number of nitrogens with two attached hydrogens (primary N) is 1. The fourth-order valence-corrected chi connectivity index (χ4v) is 1.22. The third kappa shape index (κ3) is 2.34. The summed E-state index contributed by atoms with van der Waals surface area (Å²) in [6, 6.07) is 1.58. The predicted molar refractivity (Wildman–Crippen MR) is 54.7 cm³/mol. The fourth-order valence-electron chi connectivity index (χ4n) is 1.22. The van der Waals surface area contributed by atoms with E-state index in [1.165, 1.54) is 0 Å². The van der Waals surface area contributed by atoms with E-state index in [-0.39, 0.29) is 5.56 Å². The number of hydrogen-bond donors (Lipinski definition) is 1. The summed E-state index contributed by atoms with van der Waals surface area (Å²) in [6.45, 7) is 6.71. The van der Waals surface area contributed by atoms with Crippen molar-refractivity contribution in [1.29, 1.82) is 0 Å². The van der Waals surface area contributed by atoms with Crippen LogP contribution in [0.25, 0.3) is 0 Å². The maximum atomic E-state index is 11.4. The monoisotopic (exact) mass is 180 g/mol. The Morgan fingerprint density at radius 3 is 2.69 bits per heavy atom. The molecule has 3 heteroatoms. The Kier molecular flexibility index (Phi) is 2.76. The van der Waals surface area contributed by atoms with Crippen LogP contribution in [-0.4, -0.2) is 4.57 Å². The predicted octanol–water partition coefficient (Wildman–Crippen LogP) is 1.39. The second-order valence-corrected chi connectivity index (χ2v) is 3.80. The average molecular weight is 180 g/mol. The van der Waals surface area contributed by atoms with E-state index >= 15 is 0 Å². The van der Waals surface area contributed by atoms with Gasteiger partial charge in [0.05, 0.1) is 5.69 Å². The van der Waals surface area contributed by atoms with E-state index in [4.69, 9.17) is 5.73 Å². The van der Waals surface area contributed by atoms with E-state index in [1.807, 2.05) is 6.92 Å². The molecule has 2 N–H and O–H groups in total. The third-order valence-electron chi connectivity index (χ3n) is 1.94. The van der Waals surface area contributed by atoms with Crippen molar-refractivity contribution in [3.05, 3.63) is 28.2 Å². The number of aromatic nitrogens is 1. The van der Waals surface area contributed by atoms with Gasteiger partial charge in [0.2, 0.25) is 0 Å². The molecular weight excluding hydrogens is 164 g/mol. The highest BCUT2D eigenvalue weighted by molar-refractivity contribution is 5.42. The molecule has 0 unspecified atom stereocenters. The lowest BCUT2D eigenvalue weighted by molar-refractivity contribution is 0.511. The van der Waals surface area contributed by atoms with E-state index in [0.29, 0.717) is 11.6 Å². The second-order valence-electron chi connectivity index (χ2n) is 3.80. The maximum absolute atomic E-state index is 11.4. The van der Waals surface area contributed by atoms with Gasteiger partial charge in [-0.2, -0.15) is 0 Å². The van der Waals surface area contributed by atoms with E-state index in [2.05, 4.69) is 13.8 Å². The van der Waals surface area contributed by atoms with Gasteiger partial charge in [-0.05, 0) is 18.4 Å². The standard InChI is InChI=1S/C10H16N2O/c1-7(2)5-12-6-9(11)8(3)4-10(12)13/h4,6-7H,5,11H2,1-3H3. The van der Waals surface area contributed by atoms with Crippen LogP contribution in [0.4, 0.5) is 5.69 Å². The van der Waals surface area contributed by atoms with Gasteiger partial charge in [-0.1, -0.05) is 13.8 Å². The van der Waals surface area contributed by atoms with Crippen LogP contribution < -0.4 is 11.3 Å². The molecule has 0 aliphatic rings. The number of aryl methyl sites for hydroxylation is 1. The summed E-state index contributed by atoms with van der Waals surface area (Å²) in [6.07, 6.45) is 1.72. The first-order valence-corrected chi connectivity index (χ1v) is 4.47. The van der Waals surface area contributed by atoms with Gasteiger partial charge in [0.1, 0.15) is 0 Å². The number of hydrogen-bond acceptors (Lipinski definition) is 2. The van der Waals surface area contributed by atoms with Crippen molar-refractivity contribution >= 4 is 5.69 Å². The number of anilines is 1. The number of nitrogens with zero attached hydrogens (tertiary/aromatic N) is 1. The van der Waals surface area contributed by atoms with Crippen LogP contribution in [0, 0.1) is 12.8 Å². The summed E-state index contributed by atoms with van der Waals surface area (Å²) in [5.41, 5.74) is 7.27.